The van der Waals surface area contributed by atoms with Gasteiger partial charge in [-0.05, 0) is 119 Å². The zero-order valence-corrected chi connectivity index (χ0v) is 45.0. The summed E-state index contributed by atoms with van der Waals surface area (Å²) < 4.78 is 48.5. The smallest absolute Gasteiger partial charge is 0.308 e. The van der Waals surface area contributed by atoms with Crippen molar-refractivity contribution in [3.63, 3.8) is 0 Å². The molecule has 0 bridgehead atoms. The number of ether oxygens (including phenoxy) is 5. The number of hydrogen-bond acceptors (Lipinski definition) is 12. The SMILES string of the molecule is CC[C@@H](C)[C@@H](O[Si](CC)(CC)CC)[C@@H](O[Si](CC)(CC)CC)[C@@H]1O[C@]2(CC[C@H]1OC)O[C@@H](C[C@H](O)CC(=O)C[C@@H]1CCC[C@H](CC(=O)OC(C)(C)C)O1)[C@H](C)CC21SCCCS1. The third-order valence-corrected chi connectivity index (χ3v) is 27.9. The minimum Gasteiger partial charge on any atom is -0.460 e. The number of methoxy groups -OCH3 is 1. The Kier molecular flexibility index (Phi) is 21.4. The Morgan fingerprint density at radius 1 is 0.839 bits per heavy atom. The van der Waals surface area contributed by atoms with Crippen LogP contribution in [-0.2, 0) is 42.1 Å². The van der Waals surface area contributed by atoms with E-state index in [0.717, 1.165) is 92.7 Å². The molecule has 0 radical (unpaired) electrons. The van der Waals surface area contributed by atoms with Crippen LogP contribution in [0, 0.1) is 11.8 Å². The number of fused-ring (bicyclic) bond motifs is 1. The lowest BCUT2D eigenvalue weighted by Gasteiger charge is -2.61. The molecule has 1 N–H and O–H groups in total. The monoisotopic (exact) mass is 947 g/mol. The quantitative estimate of drug-likeness (QED) is 0.0776. The summed E-state index contributed by atoms with van der Waals surface area (Å²) in [6, 6.07) is 6.27. The predicted octanol–water partition coefficient (Wildman–Crippen LogP) is 11.5. The average molecular weight is 948 g/mol. The lowest BCUT2D eigenvalue weighted by atomic mass is 9.82. The van der Waals surface area contributed by atoms with Gasteiger partial charge in [-0.2, -0.15) is 0 Å². The van der Waals surface area contributed by atoms with Crippen molar-refractivity contribution >= 4 is 51.9 Å². The van der Waals surface area contributed by atoms with Gasteiger partial charge in [0, 0.05) is 32.8 Å². The summed E-state index contributed by atoms with van der Waals surface area (Å²) >= 11 is 4.00. The molecule has 0 unspecified atom stereocenters. The summed E-state index contributed by atoms with van der Waals surface area (Å²) in [5.74, 6) is 1.25. The van der Waals surface area contributed by atoms with Crippen molar-refractivity contribution in [1.82, 2.24) is 0 Å². The van der Waals surface area contributed by atoms with E-state index in [0.29, 0.717) is 12.8 Å². The molecule has 10 nitrogen and oxygen atoms in total. The fourth-order valence-electron chi connectivity index (χ4n) is 10.5. The highest BCUT2D eigenvalue weighted by Gasteiger charge is 2.65. The summed E-state index contributed by atoms with van der Waals surface area (Å²) in [5.41, 5.74) is -0.553. The molecule has 62 heavy (non-hydrogen) atoms. The van der Waals surface area contributed by atoms with Crippen LogP contribution in [0.4, 0.5) is 0 Å². The predicted molar refractivity (Wildman–Crippen MR) is 260 cm³/mol. The van der Waals surface area contributed by atoms with Crippen LogP contribution in [0.5, 0.6) is 0 Å². The second kappa shape index (κ2) is 24.3. The molecule has 4 rings (SSSR count). The Morgan fingerprint density at radius 3 is 1.97 bits per heavy atom. The summed E-state index contributed by atoms with van der Waals surface area (Å²) in [4.78, 5) is 26.1. The number of rotatable bonds is 23. The van der Waals surface area contributed by atoms with Gasteiger partial charge >= 0.3 is 5.97 Å². The van der Waals surface area contributed by atoms with Gasteiger partial charge in [-0.15, -0.1) is 23.5 Å². The van der Waals surface area contributed by atoms with Crippen LogP contribution >= 0.6 is 23.5 Å². The molecule has 14 heteroatoms. The lowest BCUT2D eigenvalue weighted by Crippen LogP contribution is -2.69. The molecule has 0 aromatic carbocycles. The molecule has 0 amide bonds. The van der Waals surface area contributed by atoms with E-state index in [2.05, 4.69) is 62.3 Å². The molecule has 11 atom stereocenters. The summed E-state index contributed by atoms with van der Waals surface area (Å²) in [7, 11) is -2.44. The molecule has 4 aliphatic heterocycles. The normalized spacial score (nSPS) is 30.5. The third kappa shape index (κ3) is 13.8. The Labute approximate surface area is 388 Å². The highest BCUT2D eigenvalue weighted by atomic mass is 32.2. The van der Waals surface area contributed by atoms with Gasteiger partial charge in [0.2, 0.25) is 0 Å². The van der Waals surface area contributed by atoms with Gasteiger partial charge in [-0.25, -0.2) is 0 Å². The van der Waals surface area contributed by atoms with Crippen LogP contribution in [0.3, 0.4) is 0 Å². The topological polar surface area (TPSA) is 119 Å². The zero-order valence-electron chi connectivity index (χ0n) is 41.4. The number of esters is 1. The molecule has 362 valence electrons. The zero-order chi connectivity index (χ0) is 45.9. The highest BCUT2D eigenvalue weighted by Crippen LogP contribution is 2.62. The molecular weight excluding hydrogens is 857 g/mol. The first-order valence-corrected chi connectivity index (χ1v) is 32.0. The molecule has 4 fully saturated rings. The first kappa shape index (κ1) is 54.6. The number of aliphatic hydroxyl groups is 1. The first-order valence-electron chi connectivity index (χ1n) is 24.9. The minimum atomic E-state index is -2.19. The van der Waals surface area contributed by atoms with Crippen molar-refractivity contribution < 1.29 is 47.2 Å². The Balaban J connectivity index is 1.62. The second-order valence-corrected chi connectivity index (χ2v) is 32.8. The Hall–Kier alpha value is -0.00623. The molecule has 0 aliphatic carbocycles. The Bertz CT molecular complexity index is 1350. The van der Waals surface area contributed by atoms with Crippen LogP contribution in [0.15, 0.2) is 0 Å². The van der Waals surface area contributed by atoms with Crippen LogP contribution < -0.4 is 0 Å². The fraction of sp³-hybridized carbons (Fsp3) is 0.958. The van der Waals surface area contributed by atoms with Gasteiger partial charge in [0.1, 0.15) is 21.6 Å². The van der Waals surface area contributed by atoms with Crippen molar-refractivity contribution in [3.05, 3.63) is 0 Å². The van der Waals surface area contributed by atoms with Crippen molar-refractivity contribution in [2.75, 3.05) is 18.6 Å². The van der Waals surface area contributed by atoms with Gasteiger partial charge in [-0.1, -0.05) is 68.7 Å². The number of ketones is 1. The number of carbonyl (C=O) groups is 2. The molecule has 4 saturated heterocycles. The lowest BCUT2D eigenvalue weighted by molar-refractivity contribution is -0.354. The summed E-state index contributed by atoms with van der Waals surface area (Å²) in [6.45, 7) is 26.3. The maximum absolute atomic E-state index is 13.5. The minimum absolute atomic E-state index is 0.0252. The van der Waals surface area contributed by atoms with E-state index in [-0.39, 0.29) is 83.6 Å². The molecule has 4 aliphatic rings. The van der Waals surface area contributed by atoms with Crippen molar-refractivity contribution in [2.45, 2.75) is 261 Å². The van der Waals surface area contributed by atoms with E-state index >= 15 is 0 Å². The van der Waals surface area contributed by atoms with E-state index in [1.54, 1.807) is 0 Å². The van der Waals surface area contributed by atoms with E-state index in [1.807, 2.05) is 51.4 Å². The second-order valence-electron chi connectivity index (χ2n) is 20.3. The molecule has 2 spiro atoms. The van der Waals surface area contributed by atoms with Crippen molar-refractivity contribution in [2.24, 2.45) is 11.8 Å². The molecular formula is C48H90O10S2Si2. The largest absolute Gasteiger partial charge is 0.460 e. The van der Waals surface area contributed by atoms with E-state index in [4.69, 9.17) is 32.5 Å². The van der Waals surface area contributed by atoms with E-state index in [1.165, 1.54) is 0 Å². The highest BCUT2D eigenvalue weighted by molar-refractivity contribution is 8.18. The van der Waals surface area contributed by atoms with E-state index in [9.17, 15) is 14.7 Å². The van der Waals surface area contributed by atoms with Gasteiger partial charge in [0.15, 0.2) is 22.4 Å². The number of thioether (sulfide) groups is 2. The maximum atomic E-state index is 13.5. The van der Waals surface area contributed by atoms with Gasteiger partial charge in [0.25, 0.3) is 0 Å². The Morgan fingerprint density at radius 2 is 1.42 bits per heavy atom. The summed E-state index contributed by atoms with van der Waals surface area (Å²) in [5, 5.41) is 11.7. The number of carbonyl (C=O) groups excluding carboxylic acids is 2. The van der Waals surface area contributed by atoms with Gasteiger partial charge in [0.05, 0.1) is 49.1 Å². The molecule has 0 aromatic rings. The summed E-state index contributed by atoms with van der Waals surface area (Å²) in [6.07, 6.45) is 4.94. The molecule has 0 saturated carbocycles. The molecule has 4 heterocycles. The van der Waals surface area contributed by atoms with Gasteiger partial charge < -0.3 is 37.6 Å². The fourth-order valence-corrected chi connectivity index (χ4v) is 20.2. The number of Topliss-reactive ketones (excluding diaryl/α,β-unsaturated/α-hetero) is 1. The van der Waals surface area contributed by atoms with Crippen LogP contribution in [0.1, 0.15) is 160 Å². The number of hydrogen-bond donors (Lipinski definition) is 1. The average Bonchev–Trinajstić information content (AvgIpc) is 3.24. The standard InChI is InChI=1S/C48H90O10S2Si2/c1-14-34(8)43(57-61(15-2,16-3)17-4)45(58-62(18-5,19-6)20-7)44-40(52-13)25-26-47(56-44)48(59-27-22-28-60-48)33-35(9)41(54-47)31-37(50)29-36(49)30-38-23-21-24-39(53-38)32-42(51)55-46(10,11)12/h34-35,37-41,43-45,50H,14-33H2,1-13H3/t34-,35-,37-,38+,39-,40-,41+,43-,44-,45-,47+/m1/s1. The van der Waals surface area contributed by atoms with Crippen LogP contribution in [-0.4, -0.2) is 116 Å². The van der Waals surface area contributed by atoms with Crippen LogP contribution in [0.2, 0.25) is 36.3 Å². The first-order chi connectivity index (χ1) is 29.3. The third-order valence-electron chi connectivity index (χ3n) is 15.0. The number of aliphatic hydroxyl groups excluding tert-OH is 1. The van der Waals surface area contributed by atoms with Crippen molar-refractivity contribution in [1.29, 1.82) is 0 Å². The van der Waals surface area contributed by atoms with Gasteiger partial charge in [-0.3, -0.25) is 9.59 Å². The maximum Gasteiger partial charge on any atom is 0.308 e. The molecule has 0 aromatic heterocycles. The van der Waals surface area contributed by atoms with Crippen molar-refractivity contribution in [3.8, 4) is 0 Å². The van der Waals surface area contributed by atoms with Crippen LogP contribution in [0.25, 0.3) is 0 Å². The van der Waals surface area contributed by atoms with E-state index < -0.39 is 40.2 Å².